The second kappa shape index (κ2) is 6.41. The van der Waals surface area contributed by atoms with Crippen LogP contribution in [0.25, 0.3) is 0 Å². The summed E-state index contributed by atoms with van der Waals surface area (Å²) in [5, 5.41) is 3.52. The molecule has 0 aliphatic heterocycles. The quantitative estimate of drug-likeness (QED) is 0.569. The number of hydrogen-bond donors (Lipinski definition) is 1. The first-order valence-electron chi connectivity index (χ1n) is 5.65. The van der Waals surface area contributed by atoms with Crippen molar-refractivity contribution in [2.24, 2.45) is 0 Å². The average Bonchev–Trinajstić information content (AvgIpc) is 2.25. The van der Waals surface area contributed by atoms with Crippen molar-refractivity contribution in [3.05, 3.63) is 47.5 Å². The van der Waals surface area contributed by atoms with Crippen LogP contribution in [0.15, 0.2) is 36.4 Å². The maximum Gasteiger partial charge on any atom is 0.0294 e. The van der Waals surface area contributed by atoms with Crippen LogP contribution in [0.1, 0.15) is 37.4 Å². The Morgan fingerprint density at radius 1 is 1.33 bits per heavy atom. The van der Waals surface area contributed by atoms with Crippen LogP contribution in [-0.2, 0) is 0 Å². The van der Waals surface area contributed by atoms with Gasteiger partial charge in [-0.3, -0.25) is 0 Å². The highest BCUT2D eigenvalue weighted by Crippen LogP contribution is 2.16. The highest BCUT2D eigenvalue weighted by molar-refractivity contribution is 5.28. The Kier molecular flexibility index (Phi) is 5.13. The highest BCUT2D eigenvalue weighted by atomic mass is 14.9. The molecule has 1 nitrogen and oxygen atoms in total. The molecular formula is C14H21N. The van der Waals surface area contributed by atoms with E-state index >= 15 is 0 Å². The summed E-state index contributed by atoms with van der Waals surface area (Å²) in [7, 11) is 0. The summed E-state index contributed by atoms with van der Waals surface area (Å²) >= 11 is 0. The Morgan fingerprint density at radius 2 is 2.07 bits per heavy atom. The number of aryl methyl sites for hydroxylation is 1. The topological polar surface area (TPSA) is 12.0 Å². The minimum Gasteiger partial charge on any atom is -0.310 e. The number of allylic oxidation sites excluding steroid dienone is 1. The van der Waals surface area contributed by atoms with Crippen LogP contribution in [0.4, 0.5) is 0 Å². The molecule has 0 heterocycles. The second-order valence-electron chi connectivity index (χ2n) is 3.89. The van der Waals surface area contributed by atoms with E-state index in [1.807, 2.05) is 0 Å². The summed E-state index contributed by atoms with van der Waals surface area (Å²) in [6.07, 6.45) is 5.39. The zero-order valence-corrected chi connectivity index (χ0v) is 9.96. The second-order valence-corrected chi connectivity index (χ2v) is 3.89. The van der Waals surface area contributed by atoms with E-state index in [-0.39, 0.29) is 0 Å². The maximum absolute atomic E-state index is 3.52. The molecule has 0 fully saturated rings. The van der Waals surface area contributed by atoms with Crippen molar-refractivity contribution >= 4 is 0 Å². The van der Waals surface area contributed by atoms with E-state index in [1.165, 1.54) is 11.1 Å². The molecule has 1 heteroatoms. The number of benzene rings is 1. The molecule has 15 heavy (non-hydrogen) atoms. The van der Waals surface area contributed by atoms with Crippen molar-refractivity contribution in [3.8, 4) is 0 Å². The smallest absolute Gasteiger partial charge is 0.0294 e. The van der Waals surface area contributed by atoms with Gasteiger partial charge in [0.1, 0.15) is 0 Å². The lowest BCUT2D eigenvalue weighted by atomic mass is 10.0. The fourth-order valence-corrected chi connectivity index (χ4v) is 1.73. The van der Waals surface area contributed by atoms with E-state index < -0.39 is 0 Å². The molecule has 0 amide bonds. The molecule has 0 saturated heterocycles. The van der Waals surface area contributed by atoms with Crippen LogP contribution in [0.3, 0.4) is 0 Å². The van der Waals surface area contributed by atoms with Gasteiger partial charge < -0.3 is 5.32 Å². The fourth-order valence-electron chi connectivity index (χ4n) is 1.73. The zero-order chi connectivity index (χ0) is 11.1. The molecule has 1 N–H and O–H groups in total. The van der Waals surface area contributed by atoms with Crippen molar-refractivity contribution in [2.75, 3.05) is 6.54 Å². The lowest BCUT2D eigenvalue weighted by molar-refractivity contribution is 0.578. The Hall–Kier alpha value is -1.08. The third kappa shape index (κ3) is 3.88. The minimum atomic E-state index is 0.441. The molecule has 0 saturated carbocycles. The Morgan fingerprint density at radius 3 is 2.73 bits per heavy atom. The summed E-state index contributed by atoms with van der Waals surface area (Å²) in [5.74, 6) is 0. The van der Waals surface area contributed by atoms with Crippen molar-refractivity contribution in [3.63, 3.8) is 0 Å². The van der Waals surface area contributed by atoms with E-state index in [2.05, 4.69) is 62.5 Å². The maximum atomic E-state index is 3.52. The SMILES string of the molecule is C/C=C/CCNC(C)c1ccccc1C. The Labute approximate surface area is 93.2 Å². The summed E-state index contributed by atoms with van der Waals surface area (Å²) in [5.41, 5.74) is 2.77. The van der Waals surface area contributed by atoms with Gasteiger partial charge in [-0.2, -0.15) is 0 Å². The fraction of sp³-hybridized carbons (Fsp3) is 0.429. The Balaban J connectivity index is 2.46. The molecule has 0 aromatic heterocycles. The van der Waals surface area contributed by atoms with Gasteiger partial charge >= 0.3 is 0 Å². The first kappa shape index (κ1) is 12.0. The van der Waals surface area contributed by atoms with E-state index in [1.54, 1.807) is 0 Å². The third-order valence-electron chi connectivity index (χ3n) is 2.65. The molecule has 1 aromatic carbocycles. The van der Waals surface area contributed by atoms with Crippen molar-refractivity contribution in [1.82, 2.24) is 5.32 Å². The normalized spacial score (nSPS) is 13.3. The minimum absolute atomic E-state index is 0.441. The third-order valence-corrected chi connectivity index (χ3v) is 2.65. The van der Waals surface area contributed by atoms with Gasteiger partial charge in [0.2, 0.25) is 0 Å². The molecule has 1 aromatic rings. The Bertz CT molecular complexity index is 315. The van der Waals surface area contributed by atoms with Crippen LogP contribution in [0.5, 0.6) is 0 Å². The van der Waals surface area contributed by atoms with Gasteiger partial charge in [-0.05, 0) is 44.9 Å². The monoisotopic (exact) mass is 203 g/mol. The average molecular weight is 203 g/mol. The van der Waals surface area contributed by atoms with E-state index in [0.717, 1.165) is 13.0 Å². The predicted molar refractivity (Wildman–Crippen MR) is 67.0 cm³/mol. The van der Waals surface area contributed by atoms with Crippen LogP contribution in [0, 0.1) is 6.92 Å². The van der Waals surface area contributed by atoms with Crippen molar-refractivity contribution < 1.29 is 0 Å². The summed E-state index contributed by atoms with van der Waals surface area (Å²) in [6, 6.07) is 9.00. The molecule has 0 aliphatic rings. The zero-order valence-electron chi connectivity index (χ0n) is 9.96. The van der Waals surface area contributed by atoms with Gasteiger partial charge in [-0.1, -0.05) is 36.4 Å². The number of rotatable bonds is 5. The van der Waals surface area contributed by atoms with Gasteiger partial charge in [0, 0.05) is 6.04 Å². The number of hydrogen-bond acceptors (Lipinski definition) is 1. The lowest BCUT2D eigenvalue weighted by Gasteiger charge is -2.15. The molecule has 1 unspecified atom stereocenters. The summed E-state index contributed by atoms with van der Waals surface area (Å²) in [4.78, 5) is 0. The first-order valence-corrected chi connectivity index (χ1v) is 5.65. The van der Waals surface area contributed by atoms with Crippen LogP contribution < -0.4 is 5.32 Å². The van der Waals surface area contributed by atoms with Crippen molar-refractivity contribution in [1.29, 1.82) is 0 Å². The van der Waals surface area contributed by atoms with Crippen molar-refractivity contribution in [2.45, 2.75) is 33.2 Å². The van der Waals surface area contributed by atoms with Gasteiger partial charge in [0.25, 0.3) is 0 Å². The molecule has 82 valence electrons. The highest BCUT2D eigenvalue weighted by Gasteiger charge is 2.05. The predicted octanol–water partition coefficient (Wildman–Crippen LogP) is 3.61. The largest absolute Gasteiger partial charge is 0.310 e. The van der Waals surface area contributed by atoms with Crippen LogP contribution in [-0.4, -0.2) is 6.54 Å². The molecule has 0 spiro atoms. The van der Waals surface area contributed by atoms with E-state index in [0.29, 0.717) is 6.04 Å². The summed E-state index contributed by atoms with van der Waals surface area (Å²) < 4.78 is 0. The van der Waals surface area contributed by atoms with E-state index in [4.69, 9.17) is 0 Å². The molecule has 0 bridgehead atoms. The van der Waals surface area contributed by atoms with Gasteiger partial charge in [-0.25, -0.2) is 0 Å². The van der Waals surface area contributed by atoms with Gasteiger partial charge in [-0.15, -0.1) is 0 Å². The molecular weight excluding hydrogens is 182 g/mol. The first-order chi connectivity index (χ1) is 7.25. The lowest BCUT2D eigenvalue weighted by Crippen LogP contribution is -2.20. The molecule has 1 rings (SSSR count). The summed E-state index contributed by atoms with van der Waals surface area (Å²) in [6.45, 7) is 7.49. The van der Waals surface area contributed by atoms with E-state index in [9.17, 15) is 0 Å². The van der Waals surface area contributed by atoms with Crippen LogP contribution in [0.2, 0.25) is 0 Å². The van der Waals surface area contributed by atoms with Gasteiger partial charge in [0.05, 0.1) is 0 Å². The molecule has 1 atom stereocenters. The standard InChI is InChI=1S/C14H21N/c1-4-5-8-11-15-13(3)14-10-7-6-9-12(14)2/h4-7,9-10,13,15H,8,11H2,1-3H3/b5-4+. The van der Waals surface area contributed by atoms with Crippen LogP contribution >= 0.6 is 0 Å². The molecule has 0 aliphatic carbocycles. The number of nitrogens with one attached hydrogen (secondary N) is 1. The van der Waals surface area contributed by atoms with Gasteiger partial charge in [0.15, 0.2) is 0 Å². The molecule has 0 radical (unpaired) electrons.